The number of carbonyl (C=O) groups excluding carboxylic acids is 2. The second-order valence-corrected chi connectivity index (χ2v) is 9.52. The van der Waals surface area contributed by atoms with Crippen LogP contribution in [0.4, 0.5) is 5.00 Å². The van der Waals surface area contributed by atoms with Crippen molar-refractivity contribution in [1.82, 2.24) is 0 Å². The van der Waals surface area contributed by atoms with Crippen molar-refractivity contribution in [3.63, 3.8) is 0 Å². The van der Waals surface area contributed by atoms with Gasteiger partial charge in [-0.25, -0.2) is 0 Å². The molecular formula is C20H21Cl3N2O3S. The number of thiophene rings is 1. The fourth-order valence-corrected chi connectivity index (χ4v) is 5.69. The summed E-state index contributed by atoms with van der Waals surface area (Å²) >= 11 is 20.2. The van der Waals surface area contributed by atoms with Crippen LogP contribution >= 0.6 is 46.1 Å². The third kappa shape index (κ3) is 4.36. The fourth-order valence-electron chi connectivity index (χ4n) is 3.44. The monoisotopic (exact) mass is 474 g/mol. The Hall–Kier alpha value is -1.47. The summed E-state index contributed by atoms with van der Waals surface area (Å²) in [6.45, 7) is 5.34. The number of rotatable bonds is 5. The third-order valence-electron chi connectivity index (χ3n) is 5.07. The quantitative estimate of drug-likeness (QED) is 0.593. The highest BCUT2D eigenvalue weighted by molar-refractivity contribution is 7.17. The van der Waals surface area contributed by atoms with E-state index in [1.807, 2.05) is 0 Å². The maximum atomic E-state index is 12.5. The van der Waals surface area contributed by atoms with Crippen molar-refractivity contribution in [3.05, 3.63) is 42.2 Å². The number of hydrogen-bond acceptors (Lipinski definition) is 4. The first-order valence-electron chi connectivity index (χ1n) is 9.12. The molecule has 3 N–H and O–H groups in total. The van der Waals surface area contributed by atoms with Crippen molar-refractivity contribution in [2.45, 2.75) is 40.0 Å². The van der Waals surface area contributed by atoms with Gasteiger partial charge in [0.05, 0.1) is 15.6 Å². The summed E-state index contributed by atoms with van der Waals surface area (Å²) in [7, 11) is 0. The SMILES string of the molecule is Cc1c(Cl)c(C)c(Cl)c(OCC(=O)Nc2sc3c(c2C(N)=O)CC[C@@H](C)C3)c1Cl. The highest BCUT2D eigenvalue weighted by Gasteiger charge is 2.27. The Kier molecular flexibility index (Phi) is 6.68. The Labute approximate surface area is 188 Å². The van der Waals surface area contributed by atoms with Crippen molar-refractivity contribution in [1.29, 1.82) is 0 Å². The predicted octanol–water partition coefficient (Wildman–Crippen LogP) is 5.57. The largest absolute Gasteiger partial charge is 0.481 e. The number of nitrogens with two attached hydrogens (primary N) is 1. The van der Waals surface area contributed by atoms with E-state index in [2.05, 4.69) is 12.2 Å². The molecule has 156 valence electrons. The molecule has 0 unspecified atom stereocenters. The number of hydrogen-bond donors (Lipinski definition) is 2. The zero-order valence-corrected chi connectivity index (χ0v) is 19.3. The van der Waals surface area contributed by atoms with Crippen molar-refractivity contribution in [2.75, 3.05) is 11.9 Å². The Morgan fingerprint density at radius 2 is 1.79 bits per heavy atom. The fraction of sp³-hybridized carbons (Fsp3) is 0.400. The number of amides is 2. The van der Waals surface area contributed by atoms with Gasteiger partial charge < -0.3 is 15.8 Å². The lowest BCUT2D eigenvalue weighted by atomic mass is 9.88. The lowest BCUT2D eigenvalue weighted by Crippen LogP contribution is -2.23. The molecule has 0 radical (unpaired) electrons. The van der Waals surface area contributed by atoms with Crippen LogP contribution in [-0.2, 0) is 17.6 Å². The molecule has 1 atom stereocenters. The second-order valence-electron chi connectivity index (χ2n) is 7.28. The number of anilines is 1. The van der Waals surface area contributed by atoms with Crippen LogP contribution in [0.25, 0.3) is 0 Å². The molecule has 2 aromatic rings. The number of primary amides is 1. The first-order valence-corrected chi connectivity index (χ1v) is 11.1. The van der Waals surface area contributed by atoms with Gasteiger partial charge in [0, 0.05) is 9.90 Å². The maximum absolute atomic E-state index is 12.5. The van der Waals surface area contributed by atoms with E-state index in [0.717, 1.165) is 29.7 Å². The van der Waals surface area contributed by atoms with Crippen LogP contribution in [0.5, 0.6) is 5.75 Å². The number of carbonyl (C=O) groups is 2. The number of benzene rings is 1. The van der Waals surface area contributed by atoms with E-state index < -0.39 is 11.8 Å². The van der Waals surface area contributed by atoms with Gasteiger partial charge in [0.1, 0.15) is 5.00 Å². The van der Waals surface area contributed by atoms with E-state index in [4.69, 9.17) is 45.3 Å². The van der Waals surface area contributed by atoms with Crippen molar-refractivity contribution < 1.29 is 14.3 Å². The molecule has 1 heterocycles. The Morgan fingerprint density at radius 3 is 2.38 bits per heavy atom. The molecule has 9 heteroatoms. The van der Waals surface area contributed by atoms with Crippen LogP contribution < -0.4 is 15.8 Å². The van der Waals surface area contributed by atoms with Crippen LogP contribution in [0.2, 0.25) is 15.1 Å². The van der Waals surface area contributed by atoms with Gasteiger partial charge in [0.15, 0.2) is 12.4 Å². The molecule has 29 heavy (non-hydrogen) atoms. The minimum absolute atomic E-state index is 0.206. The van der Waals surface area contributed by atoms with E-state index in [1.165, 1.54) is 11.3 Å². The highest BCUT2D eigenvalue weighted by atomic mass is 35.5. The average molecular weight is 476 g/mol. The molecule has 1 aliphatic rings. The van der Waals surface area contributed by atoms with Crippen LogP contribution in [0.3, 0.4) is 0 Å². The zero-order chi connectivity index (χ0) is 21.5. The zero-order valence-electron chi connectivity index (χ0n) is 16.3. The molecule has 0 saturated heterocycles. The van der Waals surface area contributed by atoms with Gasteiger partial charge in [0.25, 0.3) is 11.8 Å². The minimum Gasteiger partial charge on any atom is -0.481 e. The van der Waals surface area contributed by atoms with Gasteiger partial charge in [-0.05, 0) is 55.7 Å². The molecule has 2 amide bonds. The summed E-state index contributed by atoms with van der Waals surface area (Å²) in [5.74, 6) is -0.230. The normalized spacial score (nSPS) is 15.7. The van der Waals surface area contributed by atoms with Crippen molar-refractivity contribution >= 4 is 63.0 Å². The summed E-state index contributed by atoms with van der Waals surface area (Å²) in [5, 5.41) is 4.20. The lowest BCUT2D eigenvalue weighted by Gasteiger charge is -2.18. The van der Waals surface area contributed by atoms with E-state index in [0.29, 0.717) is 32.6 Å². The van der Waals surface area contributed by atoms with E-state index in [-0.39, 0.29) is 22.4 Å². The molecular weight excluding hydrogens is 455 g/mol. The summed E-state index contributed by atoms with van der Waals surface area (Å²) in [4.78, 5) is 25.6. The van der Waals surface area contributed by atoms with Crippen molar-refractivity contribution in [2.24, 2.45) is 11.7 Å². The van der Waals surface area contributed by atoms with Crippen LogP contribution in [0.1, 0.15) is 45.3 Å². The standard InChI is InChI=1S/C20H21Cl3N2O3S/c1-8-4-5-11-12(6-8)29-20(14(11)19(24)27)25-13(26)7-28-18-16(22)9(2)15(21)10(3)17(18)23/h8H,4-7H2,1-3H3,(H2,24,27)(H,25,26)/t8-/m1/s1. The molecule has 0 saturated carbocycles. The predicted molar refractivity (Wildman–Crippen MR) is 119 cm³/mol. The lowest BCUT2D eigenvalue weighted by molar-refractivity contribution is -0.118. The Bertz CT molecular complexity index is 975. The first kappa shape index (κ1) is 22.2. The van der Waals surface area contributed by atoms with Gasteiger partial charge in [-0.1, -0.05) is 41.7 Å². The Morgan fingerprint density at radius 1 is 1.17 bits per heavy atom. The molecule has 0 bridgehead atoms. The van der Waals surface area contributed by atoms with Gasteiger partial charge >= 0.3 is 0 Å². The topological polar surface area (TPSA) is 81.4 Å². The van der Waals surface area contributed by atoms with Crippen molar-refractivity contribution in [3.8, 4) is 5.75 Å². The second kappa shape index (κ2) is 8.72. The number of ether oxygens (including phenoxy) is 1. The number of halogens is 3. The van der Waals surface area contributed by atoms with E-state index in [9.17, 15) is 9.59 Å². The van der Waals surface area contributed by atoms with E-state index in [1.54, 1.807) is 13.8 Å². The van der Waals surface area contributed by atoms with E-state index >= 15 is 0 Å². The van der Waals surface area contributed by atoms with Crippen LogP contribution in [0, 0.1) is 19.8 Å². The average Bonchev–Trinajstić information content (AvgIpc) is 3.01. The third-order valence-corrected chi connectivity index (χ3v) is 7.72. The molecule has 0 aliphatic heterocycles. The highest BCUT2D eigenvalue weighted by Crippen LogP contribution is 2.43. The molecule has 0 fully saturated rings. The molecule has 5 nitrogen and oxygen atoms in total. The minimum atomic E-state index is -0.539. The smallest absolute Gasteiger partial charge is 0.262 e. The molecule has 3 rings (SSSR count). The van der Waals surface area contributed by atoms with Gasteiger partial charge in [0.2, 0.25) is 0 Å². The molecule has 1 aromatic heterocycles. The summed E-state index contributed by atoms with van der Waals surface area (Å²) in [5.41, 5.74) is 8.19. The summed E-state index contributed by atoms with van der Waals surface area (Å²) < 4.78 is 5.59. The van der Waals surface area contributed by atoms with Crippen LogP contribution in [-0.4, -0.2) is 18.4 Å². The van der Waals surface area contributed by atoms with Gasteiger partial charge in [-0.15, -0.1) is 11.3 Å². The summed E-state index contributed by atoms with van der Waals surface area (Å²) in [6.07, 6.45) is 2.65. The first-order chi connectivity index (χ1) is 13.6. The molecule has 0 spiro atoms. The number of nitrogens with one attached hydrogen (secondary N) is 1. The Balaban J connectivity index is 1.79. The molecule has 1 aromatic carbocycles. The maximum Gasteiger partial charge on any atom is 0.262 e. The van der Waals surface area contributed by atoms with Crippen LogP contribution in [0.15, 0.2) is 0 Å². The number of fused-ring (bicyclic) bond motifs is 1. The molecule has 1 aliphatic carbocycles. The van der Waals surface area contributed by atoms with Gasteiger partial charge in [-0.3, -0.25) is 9.59 Å². The summed E-state index contributed by atoms with van der Waals surface area (Å²) in [6, 6.07) is 0. The van der Waals surface area contributed by atoms with Gasteiger partial charge in [-0.2, -0.15) is 0 Å².